The van der Waals surface area contributed by atoms with Crippen LogP contribution in [0.2, 0.25) is 10.0 Å². The third-order valence-electron chi connectivity index (χ3n) is 5.25. The van der Waals surface area contributed by atoms with E-state index in [1.165, 1.54) is 0 Å². The molecule has 2 aromatic carbocycles. The van der Waals surface area contributed by atoms with E-state index in [9.17, 15) is 10.1 Å². The van der Waals surface area contributed by atoms with E-state index in [4.69, 9.17) is 23.2 Å². The van der Waals surface area contributed by atoms with Crippen molar-refractivity contribution in [2.24, 2.45) is 0 Å². The first-order chi connectivity index (χ1) is 13.9. The van der Waals surface area contributed by atoms with Crippen LogP contribution in [0.3, 0.4) is 0 Å². The maximum Gasteiger partial charge on any atom is 0.236 e. The molecule has 0 spiro atoms. The van der Waals surface area contributed by atoms with Gasteiger partial charge in [-0.3, -0.25) is 9.69 Å². The smallest absolute Gasteiger partial charge is 0.236 e. The van der Waals surface area contributed by atoms with Gasteiger partial charge in [-0.05, 0) is 36.2 Å². The van der Waals surface area contributed by atoms with Gasteiger partial charge in [0.1, 0.15) is 6.07 Å². The summed E-state index contributed by atoms with van der Waals surface area (Å²) in [6.07, 6.45) is 0.933. The van der Waals surface area contributed by atoms with Crippen LogP contribution in [0.25, 0.3) is 0 Å². The van der Waals surface area contributed by atoms with Crippen molar-refractivity contribution in [2.75, 3.05) is 38.6 Å². The molecule has 7 heteroatoms. The number of anilines is 1. The molecule has 1 saturated heterocycles. The molecule has 1 atom stereocenters. The lowest BCUT2D eigenvalue weighted by molar-refractivity contribution is -0.129. The molecule has 0 unspecified atom stereocenters. The van der Waals surface area contributed by atoms with Crippen molar-refractivity contribution >= 4 is 34.8 Å². The van der Waals surface area contributed by atoms with Gasteiger partial charge in [-0.1, -0.05) is 41.4 Å². The van der Waals surface area contributed by atoms with Crippen molar-refractivity contribution in [3.63, 3.8) is 0 Å². The number of likely N-dealkylation sites (tertiary alicyclic amines) is 1. The Bertz CT molecular complexity index is 925. The summed E-state index contributed by atoms with van der Waals surface area (Å²) in [4.78, 5) is 18.2. The van der Waals surface area contributed by atoms with Crippen molar-refractivity contribution in [1.29, 1.82) is 5.26 Å². The molecule has 0 N–H and O–H groups in total. The van der Waals surface area contributed by atoms with Crippen LogP contribution in [0, 0.1) is 11.3 Å². The highest BCUT2D eigenvalue weighted by Crippen LogP contribution is 2.30. The summed E-state index contributed by atoms with van der Waals surface area (Å²) in [5.41, 5.74) is 2.43. The number of hydrogen-bond donors (Lipinski definition) is 0. The lowest BCUT2D eigenvalue weighted by Crippen LogP contribution is -2.40. The Hall–Kier alpha value is -2.26. The number of nitriles is 1. The number of benzene rings is 2. The predicted octanol–water partition coefficient (Wildman–Crippen LogP) is 4.03. The van der Waals surface area contributed by atoms with Gasteiger partial charge in [0.05, 0.1) is 17.1 Å². The summed E-state index contributed by atoms with van der Waals surface area (Å²) >= 11 is 12.7. The van der Waals surface area contributed by atoms with Gasteiger partial charge < -0.3 is 9.80 Å². The molecule has 0 aliphatic carbocycles. The second-order valence-corrected chi connectivity index (χ2v) is 8.28. The van der Waals surface area contributed by atoms with E-state index in [0.29, 0.717) is 23.7 Å². The van der Waals surface area contributed by atoms with Crippen molar-refractivity contribution in [2.45, 2.75) is 19.0 Å². The summed E-state index contributed by atoms with van der Waals surface area (Å²) < 4.78 is 0. The maximum atomic E-state index is 12.1. The van der Waals surface area contributed by atoms with Crippen LogP contribution in [-0.2, 0) is 11.3 Å². The molecular weight excluding hydrogens is 407 g/mol. The Morgan fingerprint density at radius 1 is 1.21 bits per heavy atom. The van der Waals surface area contributed by atoms with E-state index in [-0.39, 0.29) is 11.9 Å². The fraction of sp³-hybridized carbons (Fsp3) is 0.364. The van der Waals surface area contributed by atoms with E-state index < -0.39 is 0 Å². The van der Waals surface area contributed by atoms with Crippen LogP contribution in [-0.4, -0.2) is 55.5 Å². The Morgan fingerprint density at radius 3 is 2.62 bits per heavy atom. The molecule has 1 heterocycles. The van der Waals surface area contributed by atoms with E-state index in [1.54, 1.807) is 25.1 Å². The third kappa shape index (κ3) is 5.22. The van der Waals surface area contributed by atoms with Gasteiger partial charge in [0.25, 0.3) is 0 Å². The van der Waals surface area contributed by atoms with E-state index in [2.05, 4.69) is 15.9 Å². The first kappa shape index (κ1) is 21.4. The molecule has 1 amide bonds. The minimum absolute atomic E-state index is 0.102. The predicted molar refractivity (Wildman–Crippen MR) is 117 cm³/mol. The minimum Gasteiger partial charge on any atom is -0.363 e. The van der Waals surface area contributed by atoms with Gasteiger partial charge in [-0.15, -0.1) is 0 Å². The molecule has 1 fully saturated rings. The number of carbonyl (C=O) groups excluding carboxylic acids is 1. The molecule has 0 radical (unpaired) electrons. The molecule has 1 aliphatic heterocycles. The summed E-state index contributed by atoms with van der Waals surface area (Å²) in [6, 6.07) is 15.6. The second-order valence-electron chi connectivity index (χ2n) is 7.46. The molecule has 152 valence electrons. The van der Waals surface area contributed by atoms with Crippen LogP contribution in [0.5, 0.6) is 0 Å². The lowest BCUT2D eigenvalue weighted by Gasteiger charge is -2.32. The van der Waals surface area contributed by atoms with Gasteiger partial charge in [0.15, 0.2) is 0 Å². The number of halogens is 2. The number of likely N-dealkylation sites (N-methyl/N-ethyl adjacent to an activating group) is 1. The summed E-state index contributed by atoms with van der Waals surface area (Å²) in [7, 11) is 3.55. The number of rotatable bonds is 6. The van der Waals surface area contributed by atoms with Gasteiger partial charge in [0, 0.05) is 50.5 Å². The number of nitrogens with zero attached hydrogens (tertiary/aromatic N) is 4. The van der Waals surface area contributed by atoms with Gasteiger partial charge in [0.2, 0.25) is 5.91 Å². The first-order valence-electron chi connectivity index (χ1n) is 9.51. The van der Waals surface area contributed by atoms with E-state index in [0.717, 1.165) is 35.8 Å². The molecule has 3 rings (SSSR count). The zero-order valence-corrected chi connectivity index (χ0v) is 18.1. The average molecular weight is 431 g/mol. The number of carbonyl (C=O) groups is 1. The monoisotopic (exact) mass is 430 g/mol. The number of hydrogen-bond acceptors (Lipinski definition) is 4. The molecule has 0 bridgehead atoms. The maximum absolute atomic E-state index is 12.1. The highest BCUT2D eigenvalue weighted by Gasteiger charge is 2.30. The fourth-order valence-electron chi connectivity index (χ4n) is 3.56. The Labute approximate surface area is 182 Å². The number of amides is 1. The topological polar surface area (TPSA) is 50.6 Å². The lowest BCUT2D eigenvalue weighted by atomic mass is 10.1. The molecule has 0 saturated carbocycles. The third-order valence-corrected chi connectivity index (χ3v) is 5.93. The zero-order chi connectivity index (χ0) is 21.0. The van der Waals surface area contributed by atoms with Gasteiger partial charge >= 0.3 is 0 Å². The second kappa shape index (κ2) is 9.49. The van der Waals surface area contributed by atoms with Gasteiger partial charge in [-0.25, -0.2) is 0 Å². The van der Waals surface area contributed by atoms with Crippen molar-refractivity contribution in [3.8, 4) is 6.07 Å². The summed E-state index contributed by atoms with van der Waals surface area (Å²) in [5, 5.41) is 10.3. The fourth-order valence-corrected chi connectivity index (χ4v) is 3.97. The van der Waals surface area contributed by atoms with Crippen molar-refractivity contribution in [1.82, 2.24) is 9.80 Å². The Morgan fingerprint density at radius 2 is 1.97 bits per heavy atom. The first-order valence-corrected chi connectivity index (χ1v) is 10.3. The van der Waals surface area contributed by atoms with Gasteiger partial charge in [-0.2, -0.15) is 5.26 Å². The molecule has 2 aromatic rings. The van der Waals surface area contributed by atoms with Crippen LogP contribution >= 0.6 is 23.2 Å². The quantitative estimate of drug-likeness (QED) is 0.693. The van der Waals surface area contributed by atoms with Crippen LogP contribution in [0.15, 0.2) is 42.5 Å². The Kier molecular flexibility index (Phi) is 7.02. The normalized spacial score (nSPS) is 16.4. The van der Waals surface area contributed by atoms with Crippen molar-refractivity contribution in [3.05, 3.63) is 63.6 Å². The molecule has 29 heavy (non-hydrogen) atoms. The summed E-state index contributed by atoms with van der Waals surface area (Å²) in [6.45, 7) is 2.68. The largest absolute Gasteiger partial charge is 0.363 e. The highest BCUT2D eigenvalue weighted by molar-refractivity contribution is 6.32. The van der Waals surface area contributed by atoms with Crippen molar-refractivity contribution < 1.29 is 4.79 Å². The average Bonchev–Trinajstić information content (AvgIpc) is 3.15. The Balaban J connectivity index is 1.86. The zero-order valence-electron chi connectivity index (χ0n) is 16.6. The van der Waals surface area contributed by atoms with Crippen LogP contribution in [0.4, 0.5) is 5.69 Å². The molecule has 1 aliphatic rings. The minimum atomic E-state index is 0.102. The SMILES string of the molecule is CN(C)C(=O)CN1CC[C@H](N(Cc2ccccc2Cl)c2ccc(C#N)c(Cl)c2)C1. The van der Waals surface area contributed by atoms with Crippen LogP contribution < -0.4 is 4.90 Å². The molecule has 0 aromatic heterocycles. The van der Waals surface area contributed by atoms with E-state index in [1.807, 2.05) is 36.4 Å². The molecule has 5 nitrogen and oxygen atoms in total. The van der Waals surface area contributed by atoms with Crippen LogP contribution in [0.1, 0.15) is 17.5 Å². The van der Waals surface area contributed by atoms with E-state index >= 15 is 0 Å². The standard InChI is InChI=1S/C22H24Cl2N4O/c1-26(2)22(29)15-27-10-9-19(14-27)28(13-17-5-3-4-6-20(17)23)18-8-7-16(12-25)21(24)11-18/h3-8,11,19H,9-10,13-15H2,1-2H3/t19-/m0/s1. The highest BCUT2D eigenvalue weighted by atomic mass is 35.5. The summed E-state index contributed by atoms with van der Waals surface area (Å²) in [5.74, 6) is 0.102. The molecular formula is C22H24Cl2N4O.